The molecular weight excluding hydrogens is 359 g/mol. The number of ether oxygens (including phenoxy) is 1. The maximum atomic E-state index is 12.9. The normalized spacial score (nSPS) is 19.4. The number of nitriles is 1. The molecule has 3 aromatic rings. The summed E-state index contributed by atoms with van der Waals surface area (Å²) in [7, 11) is 0. The van der Waals surface area contributed by atoms with Crippen LogP contribution in [0.5, 0.6) is 0 Å². The van der Waals surface area contributed by atoms with Crippen LogP contribution in [0.2, 0.25) is 0 Å². The summed E-state index contributed by atoms with van der Waals surface area (Å²) in [5.74, 6) is -0.108. The van der Waals surface area contributed by atoms with Gasteiger partial charge in [0.05, 0.1) is 35.7 Å². The first-order valence-corrected chi connectivity index (χ1v) is 9.03. The minimum Gasteiger partial charge on any atom is -0.370 e. The molecular formula is C20H19FN6O. The number of nitrogens with zero attached hydrogens (tertiary/aromatic N) is 5. The molecule has 8 heteroatoms. The topological polar surface area (TPSA) is 87.0 Å². The number of benzene rings is 1. The average molecular weight is 378 g/mol. The molecule has 0 amide bonds. The van der Waals surface area contributed by atoms with E-state index < -0.39 is 5.82 Å². The molecule has 2 atom stereocenters. The highest BCUT2D eigenvalue weighted by atomic mass is 19.1. The minimum absolute atomic E-state index is 0.0250. The lowest BCUT2D eigenvalue weighted by atomic mass is 10.1. The van der Waals surface area contributed by atoms with Crippen molar-refractivity contribution in [2.24, 2.45) is 0 Å². The van der Waals surface area contributed by atoms with Gasteiger partial charge in [0.25, 0.3) is 0 Å². The fourth-order valence-corrected chi connectivity index (χ4v) is 3.49. The lowest BCUT2D eigenvalue weighted by Gasteiger charge is -2.38. The van der Waals surface area contributed by atoms with Crippen LogP contribution in [0.1, 0.15) is 12.5 Å². The van der Waals surface area contributed by atoms with Gasteiger partial charge in [-0.05, 0) is 31.2 Å². The SMILES string of the molecule is C[C@@H]1CN(c2ccc(C#N)c3ncccc23)C[C@H](CNc2ncc(F)cn2)O1. The Kier molecular flexibility index (Phi) is 5.00. The molecule has 1 saturated heterocycles. The second-order valence-corrected chi connectivity index (χ2v) is 6.72. The number of halogens is 1. The Morgan fingerprint density at radius 2 is 2.07 bits per heavy atom. The zero-order chi connectivity index (χ0) is 19.5. The average Bonchev–Trinajstić information content (AvgIpc) is 2.72. The molecule has 2 aromatic heterocycles. The highest BCUT2D eigenvalue weighted by Gasteiger charge is 2.27. The van der Waals surface area contributed by atoms with Crippen LogP contribution in [0.15, 0.2) is 42.9 Å². The smallest absolute Gasteiger partial charge is 0.222 e. The first-order chi connectivity index (χ1) is 13.6. The van der Waals surface area contributed by atoms with Crippen molar-refractivity contribution in [2.75, 3.05) is 29.9 Å². The van der Waals surface area contributed by atoms with Crippen molar-refractivity contribution < 1.29 is 9.13 Å². The van der Waals surface area contributed by atoms with E-state index in [0.29, 0.717) is 30.1 Å². The van der Waals surface area contributed by atoms with Gasteiger partial charge in [-0.1, -0.05) is 0 Å². The molecule has 1 aliphatic heterocycles. The van der Waals surface area contributed by atoms with Crippen molar-refractivity contribution in [3.05, 3.63) is 54.2 Å². The van der Waals surface area contributed by atoms with E-state index in [2.05, 4.69) is 31.2 Å². The fraction of sp³-hybridized carbons (Fsp3) is 0.300. The van der Waals surface area contributed by atoms with Crippen LogP contribution >= 0.6 is 0 Å². The van der Waals surface area contributed by atoms with Crippen LogP contribution < -0.4 is 10.2 Å². The number of fused-ring (bicyclic) bond motifs is 1. The molecule has 0 aliphatic carbocycles. The summed E-state index contributed by atoms with van der Waals surface area (Å²) < 4.78 is 19.0. The predicted octanol–water partition coefficient (Wildman–Crippen LogP) is 2.74. The van der Waals surface area contributed by atoms with Crippen molar-refractivity contribution in [2.45, 2.75) is 19.1 Å². The Hall–Kier alpha value is -3.31. The van der Waals surface area contributed by atoms with E-state index in [0.717, 1.165) is 30.0 Å². The molecule has 0 radical (unpaired) electrons. The number of nitrogens with one attached hydrogen (secondary N) is 1. The third-order valence-corrected chi connectivity index (χ3v) is 4.64. The Morgan fingerprint density at radius 1 is 1.25 bits per heavy atom. The van der Waals surface area contributed by atoms with Gasteiger partial charge < -0.3 is 15.0 Å². The van der Waals surface area contributed by atoms with Gasteiger partial charge in [-0.2, -0.15) is 5.26 Å². The molecule has 0 bridgehead atoms. The van der Waals surface area contributed by atoms with Crippen LogP contribution in [-0.2, 0) is 4.74 Å². The standard InChI is InChI=1S/C20H19FN6O/c1-13-11-27(12-16(28-13)10-26-20-24-8-15(21)9-25-20)18-5-4-14(7-22)19-17(18)3-2-6-23-19/h2-6,8-9,13,16H,10-12H2,1H3,(H,24,25,26)/t13-,16+/m1/s1. The highest BCUT2D eigenvalue weighted by molar-refractivity contribution is 5.95. The maximum absolute atomic E-state index is 12.9. The predicted molar refractivity (Wildman–Crippen MR) is 103 cm³/mol. The Morgan fingerprint density at radius 3 is 2.86 bits per heavy atom. The number of hydrogen-bond acceptors (Lipinski definition) is 7. The van der Waals surface area contributed by atoms with Gasteiger partial charge in [-0.15, -0.1) is 0 Å². The van der Waals surface area contributed by atoms with E-state index in [-0.39, 0.29) is 12.2 Å². The van der Waals surface area contributed by atoms with Gasteiger partial charge in [-0.25, -0.2) is 14.4 Å². The molecule has 1 aliphatic rings. The van der Waals surface area contributed by atoms with E-state index in [1.165, 1.54) is 0 Å². The molecule has 4 rings (SSSR count). The largest absolute Gasteiger partial charge is 0.370 e. The lowest BCUT2D eigenvalue weighted by Crippen LogP contribution is -2.49. The molecule has 1 aromatic carbocycles. The van der Waals surface area contributed by atoms with Gasteiger partial charge in [0.2, 0.25) is 5.95 Å². The van der Waals surface area contributed by atoms with Crippen LogP contribution in [-0.4, -0.2) is 46.8 Å². The number of rotatable bonds is 4. The second kappa shape index (κ2) is 7.74. The quantitative estimate of drug-likeness (QED) is 0.747. The van der Waals surface area contributed by atoms with Crippen LogP contribution in [0.25, 0.3) is 10.9 Å². The summed E-state index contributed by atoms with van der Waals surface area (Å²) in [4.78, 5) is 14.5. The zero-order valence-corrected chi connectivity index (χ0v) is 15.3. The molecule has 142 valence electrons. The van der Waals surface area contributed by atoms with E-state index >= 15 is 0 Å². The van der Waals surface area contributed by atoms with Crippen molar-refractivity contribution >= 4 is 22.5 Å². The van der Waals surface area contributed by atoms with Crippen LogP contribution in [0.4, 0.5) is 16.0 Å². The monoisotopic (exact) mass is 378 g/mol. The van der Waals surface area contributed by atoms with E-state index in [4.69, 9.17) is 4.74 Å². The number of aromatic nitrogens is 3. The molecule has 1 N–H and O–H groups in total. The van der Waals surface area contributed by atoms with Crippen molar-refractivity contribution in [3.63, 3.8) is 0 Å². The molecule has 3 heterocycles. The summed E-state index contributed by atoms with van der Waals surface area (Å²) in [6, 6.07) is 9.84. The minimum atomic E-state index is -0.472. The van der Waals surface area contributed by atoms with Gasteiger partial charge in [0.1, 0.15) is 6.07 Å². The van der Waals surface area contributed by atoms with Crippen molar-refractivity contribution in [1.29, 1.82) is 5.26 Å². The Bertz CT molecular complexity index is 1020. The van der Waals surface area contributed by atoms with E-state index in [1.54, 1.807) is 6.20 Å². The summed E-state index contributed by atoms with van der Waals surface area (Å²) in [6.07, 6.45) is 3.88. The first-order valence-electron chi connectivity index (χ1n) is 9.03. The molecule has 28 heavy (non-hydrogen) atoms. The number of pyridine rings is 1. The van der Waals surface area contributed by atoms with E-state index in [9.17, 15) is 9.65 Å². The summed E-state index contributed by atoms with van der Waals surface area (Å²) in [6.45, 7) is 3.92. The molecule has 7 nitrogen and oxygen atoms in total. The number of anilines is 2. The Balaban J connectivity index is 1.54. The summed E-state index contributed by atoms with van der Waals surface area (Å²) in [5, 5.41) is 13.4. The number of morpholine rings is 1. The van der Waals surface area contributed by atoms with Gasteiger partial charge in [0, 0.05) is 36.9 Å². The highest BCUT2D eigenvalue weighted by Crippen LogP contribution is 2.30. The van der Waals surface area contributed by atoms with Crippen molar-refractivity contribution in [1.82, 2.24) is 15.0 Å². The molecule has 0 unspecified atom stereocenters. The van der Waals surface area contributed by atoms with Crippen LogP contribution in [0.3, 0.4) is 0 Å². The number of hydrogen-bond donors (Lipinski definition) is 1. The third-order valence-electron chi connectivity index (χ3n) is 4.64. The molecule has 0 spiro atoms. The summed E-state index contributed by atoms with van der Waals surface area (Å²) >= 11 is 0. The first kappa shape index (κ1) is 18.1. The lowest BCUT2D eigenvalue weighted by molar-refractivity contribution is -0.00827. The molecule has 1 fully saturated rings. The van der Waals surface area contributed by atoms with Crippen LogP contribution in [0, 0.1) is 17.1 Å². The van der Waals surface area contributed by atoms with Gasteiger partial charge in [-0.3, -0.25) is 4.98 Å². The maximum Gasteiger partial charge on any atom is 0.222 e. The second-order valence-electron chi connectivity index (χ2n) is 6.72. The Labute approximate surface area is 161 Å². The van der Waals surface area contributed by atoms with E-state index in [1.807, 2.05) is 31.2 Å². The molecule has 0 saturated carbocycles. The van der Waals surface area contributed by atoms with Crippen molar-refractivity contribution in [3.8, 4) is 6.07 Å². The van der Waals surface area contributed by atoms with Gasteiger partial charge in [0.15, 0.2) is 5.82 Å². The fourth-order valence-electron chi connectivity index (χ4n) is 3.49. The summed E-state index contributed by atoms with van der Waals surface area (Å²) in [5.41, 5.74) is 2.30. The zero-order valence-electron chi connectivity index (χ0n) is 15.3. The van der Waals surface area contributed by atoms with Gasteiger partial charge >= 0.3 is 0 Å². The third kappa shape index (κ3) is 3.70.